The second kappa shape index (κ2) is 8.15. The molecule has 0 aromatic heterocycles. The number of rotatable bonds is 6. The topological polar surface area (TPSA) is 69.6 Å². The van der Waals surface area contributed by atoms with Gasteiger partial charge in [0.25, 0.3) is 0 Å². The van der Waals surface area contributed by atoms with E-state index in [2.05, 4.69) is 5.32 Å². The first-order valence-electron chi connectivity index (χ1n) is 7.92. The van der Waals surface area contributed by atoms with E-state index in [4.69, 9.17) is 0 Å². The van der Waals surface area contributed by atoms with Crippen LogP contribution in [0.15, 0.2) is 60.7 Å². The molecule has 0 spiro atoms. The number of aliphatic carboxylic acids is 1. The Bertz CT molecular complexity index is 632. The van der Waals surface area contributed by atoms with E-state index in [1.165, 1.54) is 4.90 Å². The zero-order valence-electron chi connectivity index (χ0n) is 13.8. The fourth-order valence-electron chi connectivity index (χ4n) is 2.44. The zero-order chi connectivity index (χ0) is 17.5. The van der Waals surface area contributed by atoms with E-state index in [1.807, 2.05) is 74.5 Å². The van der Waals surface area contributed by atoms with Crippen molar-refractivity contribution < 1.29 is 14.7 Å². The first-order valence-corrected chi connectivity index (χ1v) is 7.92. The fourth-order valence-corrected chi connectivity index (χ4v) is 2.44. The van der Waals surface area contributed by atoms with Crippen LogP contribution in [0, 0.1) is 5.92 Å². The molecule has 1 atom stereocenters. The second-order valence-electron chi connectivity index (χ2n) is 5.98. The average molecular weight is 326 g/mol. The molecule has 2 aromatic carbocycles. The molecule has 0 radical (unpaired) electrons. The third kappa shape index (κ3) is 4.59. The van der Waals surface area contributed by atoms with Crippen LogP contribution in [-0.2, 0) is 4.79 Å². The molecule has 0 unspecified atom stereocenters. The largest absolute Gasteiger partial charge is 0.480 e. The Balaban J connectivity index is 2.30. The number of carboxylic acid groups (broad SMARTS) is 1. The van der Waals surface area contributed by atoms with Crippen LogP contribution in [0.2, 0.25) is 0 Å². The summed E-state index contributed by atoms with van der Waals surface area (Å²) in [5.41, 5.74) is 1.35. The molecule has 24 heavy (non-hydrogen) atoms. The lowest BCUT2D eigenvalue weighted by atomic mass is 10.0. The summed E-state index contributed by atoms with van der Waals surface area (Å²) in [6.45, 7) is 3.85. The zero-order valence-corrected chi connectivity index (χ0v) is 13.8. The number of nitrogens with zero attached hydrogens (tertiary/aromatic N) is 1. The van der Waals surface area contributed by atoms with Crippen molar-refractivity contribution in [3.05, 3.63) is 60.7 Å². The summed E-state index contributed by atoms with van der Waals surface area (Å²) in [7, 11) is 0. The molecule has 0 fully saturated rings. The van der Waals surface area contributed by atoms with Crippen LogP contribution >= 0.6 is 0 Å². The molecule has 2 amide bonds. The van der Waals surface area contributed by atoms with Crippen LogP contribution in [0.25, 0.3) is 0 Å². The van der Waals surface area contributed by atoms with Crippen molar-refractivity contribution >= 4 is 23.4 Å². The van der Waals surface area contributed by atoms with Gasteiger partial charge in [-0.2, -0.15) is 0 Å². The summed E-state index contributed by atoms with van der Waals surface area (Å²) in [6.07, 6.45) is 0.374. The van der Waals surface area contributed by atoms with Gasteiger partial charge in [0.15, 0.2) is 0 Å². The quantitative estimate of drug-likeness (QED) is 0.842. The minimum absolute atomic E-state index is 0.160. The van der Waals surface area contributed by atoms with Gasteiger partial charge in [-0.25, -0.2) is 9.59 Å². The summed E-state index contributed by atoms with van der Waals surface area (Å²) in [4.78, 5) is 25.7. The van der Waals surface area contributed by atoms with E-state index in [9.17, 15) is 14.7 Å². The number of anilines is 2. The molecular formula is C19H22N2O3. The van der Waals surface area contributed by atoms with E-state index in [1.54, 1.807) is 0 Å². The van der Waals surface area contributed by atoms with Gasteiger partial charge in [0.1, 0.15) is 6.04 Å². The third-order valence-electron chi connectivity index (χ3n) is 3.53. The Kier molecular flexibility index (Phi) is 5.95. The molecule has 5 heteroatoms. The second-order valence-corrected chi connectivity index (χ2v) is 5.98. The maximum Gasteiger partial charge on any atom is 0.327 e. The van der Waals surface area contributed by atoms with Gasteiger partial charge >= 0.3 is 12.0 Å². The molecule has 0 aliphatic rings. The summed E-state index contributed by atoms with van der Waals surface area (Å²) in [6, 6.07) is 16.9. The number of carbonyl (C=O) groups is 2. The highest BCUT2D eigenvalue weighted by atomic mass is 16.4. The molecule has 0 saturated carbocycles. The highest BCUT2D eigenvalue weighted by molar-refractivity contribution is 6.00. The Morgan fingerprint density at radius 3 is 1.79 bits per heavy atom. The third-order valence-corrected chi connectivity index (χ3v) is 3.53. The van der Waals surface area contributed by atoms with Gasteiger partial charge < -0.3 is 10.4 Å². The van der Waals surface area contributed by atoms with Crippen LogP contribution in [-0.4, -0.2) is 23.1 Å². The van der Waals surface area contributed by atoms with E-state index in [0.717, 1.165) is 0 Å². The predicted molar refractivity (Wildman–Crippen MR) is 94.4 cm³/mol. The molecule has 126 valence electrons. The lowest BCUT2D eigenvalue weighted by molar-refractivity contribution is -0.139. The number of carbonyl (C=O) groups excluding carboxylic acids is 1. The van der Waals surface area contributed by atoms with Crippen LogP contribution in [0.4, 0.5) is 16.2 Å². The molecule has 0 saturated heterocycles. The minimum atomic E-state index is -1.03. The molecule has 2 aromatic rings. The number of para-hydroxylation sites is 2. The van der Waals surface area contributed by atoms with Gasteiger partial charge in [0.2, 0.25) is 0 Å². The van der Waals surface area contributed by atoms with Gasteiger partial charge in [-0.1, -0.05) is 50.2 Å². The first kappa shape index (κ1) is 17.5. The van der Waals surface area contributed by atoms with Crippen molar-refractivity contribution in [1.29, 1.82) is 0 Å². The number of hydrogen-bond donors (Lipinski definition) is 2. The molecule has 2 N–H and O–H groups in total. The standard InChI is InChI=1S/C19H22N2O3/c1-14(2)13-17(18(22)23)20-19(24)21(15-9-5-3-6-10-15)16-11-7-4-8-12-16/h3-12,14,17H,13H2,1-2H3,(H,20,24)(H,22,23)/t17-/m1/s1. The van der Waals surface area contributed by atoms with E-state index in [-0.39, 0.29) is 5.92 Å². The molecule has 2 rings (SSSR count). The number of nitrogens with one attached hydrogen (secondary N) is 1. The van der Waals surface area contributed by atoms with E-state index in [0.29, 0.717) is 17.8 Å². The van der Waals surface area contributed by atoms with Gasteiger partial charge in [0.05, 0.1) is 11.4 Å². The highest BCUT2D eigenvalue weighted by Crippen LogP contribution is 2.25. The molecule has 0 aliphatic carbocycles. The van der Waals surface area contributed by atoms with Crippen LogP contribution in [0.5, 0.6) is 0 Å². The number of hydrogen-bond acceptors (Lipinski definition) is 2. The van der Waals surface area contributed by atoms with Gasteiger partial charge in [-0.3, -0.25) is 4.90 Å². The van der Waals surface area contributed by atoms with Gasteiger partial charge in [0, 0.05) is 0 Å². The fraction of sp³-hybridized carbons (Fsp3) is 0.263. The Morgan fingerprint density at radius 1 is 0.958 bits per heavy atom. The molecular weight excluding hydrogens is 304 g/mol. The maximum atomic E-state index is 12.8. The Labute approximate surface area is 141 Å². The molecule has 0 heterocycles. The van der Waals surface area contributed by atoms with Crippen LogP contribution in [0.3, 0.4) is 0 Å². The number of amides is 2. The van der Waals surface area contributed by atoms with Gasteiger partial charge in [-0.15, -0.1) is 0 Å². The summed E-state index contributed by atoms with van der Waals surface area (Å²) in [5.74, 6) is -0.869. The van der Waals surface area contributed by atoms with E-state index >= 15 is 0 Å². The van der Waals surface area contributed by atoms with Crippen molar-refractivity contribution in [2.45, 2.75) is 26.3 Å². The van der Waals surface area contributed by atoms with Crippen molar-refractivity contribution in [2.75, 3.05) is 4.90 Å². The Hall–Kier alpha value is -2.82. The number of benzene rings is 2. The Morgan fingerprint density at radius 2 is 1.42 bits per heavy atom. The highest BCUT2D eigenvalue weighted by Gasteiger charge is 2.25. The predicted octanol–water partition coefficient (Wildman–Crippen LogP) is 4.03. The lowest BCUT2D eigenvalue weighted by Crippen LogP contribution is -2.47. The SMILES string of the molecule is CC(C)C[C@@H](NC(=O)N(c1ccccc1)c1ccccc1)C(=O)O. The number of carboxylic acids is 1. The molecule has 5 nitrogen and oxygen atoms in total. The average Bonchev–Trinajstić information content (AvgIpc) is 2.56. The van der Waals surface area contributed by atoms with Crippen LogP contribution < -0.4 is 10.2 Å². The maximum absolute atomic E-state index is 12.8. The summed E-state index contributed by atoms with van der Waals surface area (Å²) in [5, 5.41) is 12.0. The first-order chi connectivity index (χ1) is 11.5. The minimum Gasteiger partial charge on any atom is -0.480 e. The van der Waals surface area contributed by atoms with Crippen molar-refractivity contribution in [2.24, 2.45) is 5.92 Å². The van der Waals surface area contributed by atoms with Gasteiger partial charge in [-0.05, 0) is 36.6 Å². The molecule has 0 aliphatic heterocycles. The van der Waals surface area contributed by atoms with Crippen molar-refractivity contribution in [3.8, 4) is 0 Å². The monoisotopic (exact) mass is 326 g/mol. The normalized spacial score (nSPS) is 11.8. The van der Waals surface area contributed by atoms with E-state index < -0.39 is 18.0 Å². The summed E-state index contributed by atoms with van der Waals surface area (Å²) >= 11 is 0. The van der Waals surface area contributed by atoms with Crippen molar-refractivity contribution in [3.63, 3.8) is 0 Å². The smallest absolute Gasteiger partial charge is 0.327 e. The summed E-state index contributed by atoms with van der Waals surface area (Å²) < 4.78 is 0. The molecule has 0 bridgehead atoms. The lowest BCUT2D eigenvalue weighted by Gasteiger charge is -2.26. The van der Waals surface area contributed by atoms with Crippen LogP contribution in [0.1, 0.15) is 20.3 Å². The number of urea groups is 1. The van der Waals surface area contributed by atoms with Crippen molar-refractivity contribution in [1.82, 2.24) is 5.32 Å².